The molecule has 0 aromatic carbocycles. The highest BCUT2D eigenvalue weighted by atomic mass is 32.1. The number of rotatable bonds is 3. The molecule has 0 unspecified atom stereocenters. The molecule has 0 aliphatic heterocycles. The second-order valence-corrected chi connectivity index (χ2v) is 6.22. The van der Waals surface area contributed by atoms with E-state index in [0.717, 1.165) is 39.3 Å². The van der Waals surface area contributed by atoms with Gasteiger partial charge in [-0.1, -0.05) is 13.0 Å². The Morgan fingerprint density at radius 3 is 2.67 bits per heavy atom. The maximum Gasteiger partial charge on any atom is 0.181 e. The fourth-order valence-corrected chi connectivity index (χ4v) is 3.36. The van der Waals surface area contributed by atoms with E-state index in [0.29, 0.717) is 5.82 Å². The summed E-state index contributed by atoms with van der Waals surface area (Å²) < 4.78 is 0. The van der Waals surface area contributed by atoms with Gasteiger partial charge >= 0.3 is 0 Å². The molecule has 3 aromatic rings. The lowest BCUT2D eigenvalue weighted by Crippen LogP contribution is -2.00. The average molecular weight is 298 g/mol. The van der Waals surface area contributed by atoms with E-state index in [4.69, 9.17) is 4.98 Å². The summed E-state index contributed by atoms with van der Waals surface area (Å²) >= 11 is 1.73. The second kappa shape index (κ2) is 5.41. The van der Waals surface area contributed by atoms with Gasteiger partial charge in [0.2, 0.25) is 0 Å². The van der Waals surface area contributed by atoms with Crippen LogP contribution in [0.4, 0.5) is 5.82 Å². The number of nitrogens with zero attached hydrogens (tertiary/aromatic N) is 3. The molecule has 0 amide bonds. The molecule has 0 radical (unpaired) electrons. The molecule has 0 saturated carbocycles. The van der Waals surface area contributed by atoms with E-state index >= 15 is 0 Å². The van der Waals surface area contributed by atoms with Crippen molar-refractivity contribution < 1.29 is 0 Å². The highest BCUT2D eigenvalue weighted by Crippen LogP contribution is 2.31. The summed E-state index contributed by atoms with van der Waals surface area (Å²) in [5, 5.41) is 4.27. The smallest absolute Gasteiger partial charge is 0.181 e. The molecule has 108 valence electrons. The zero-order valence-electron chi connectivity index (χ0n) is 12.7. The number of aromatic nitrogens is 3. The van der Waals surface area contributed by atoms with Crippen LogP contribution in [0.25, 0.3) is 21.7 Å². The summed E-state index contributed by atoms with van der Waals surface area (Å²) in [5.41, 5.74) is 3.10. The number of nitrogens with one attached hydrogen (secondary N) is 1. The van der Waals surface area contributed by atoms with E-state index in [2.05, 4.69) is 34.3 Å². The Hall–Kier alpha value is -2.01. The van der Waals surface area contributed by atoms with Crippen molar-refractivity contribution >= 4 is 27.4 Å². The molecule has 5 heteroatoms. The number of hydrogen-bond donors (Lipinski definition) is 1. The predicted octanol–water partition coefficient (Wildman–Crippen LogP) is 3.97. The van der Waals surface area contributed by atoms with Gasteiger partial charge in [0.15, 0.2) is 5.82 Å². The maximum absolute atomic E-state index is 4.72. The number of aryl methyl sites for hydroxylation is 3. The molecule has 1 N–H and O–H groups in total. The number of fused-ring (bicyclic) bond motifs is 1. The van der Waals surface area contributed by atoms with Crippen LogP contribution in [0.1, 0.15) is 22.9 Å². The van der Waals surface area contributed by atoms with Crippen LogP contribution < -0.4 is 5.32 Å². The minimum Gasteiger partial charge on any atom is -0.372 e. The fourth-order valence-electron chi connectivity index (χ4n) is 2.39. The van der Waals surface area contributed by atoms with Gasteiger partial charge in [0.05, 0.1) is 5.39 Å². The highest BCUT2D eigenvalue weighted by molar-refractivity contribution is 7.18. The van der Waals surface area contributed by atoms with Crippen molar-refractivity contribution in [3.63, 3.8) is 0 Å². The van der Waals surface area contributed by atoms with Crippen molar-refractivity contribution in [3.8, 4) is 11.5 Å². The first kappa shape index (κ1) is 13.9. The molecule has 0 spiro atoms. The van der Waals surface area contributed by atoms with Crippen molar-refractivity contribution in [1.29, 1.82) is 0 Å². The molecule has 0 fully saturated rings. The molecule has 0 aliphatic carbocycles. The van der Waals surface area contributed by atoms with E-state index in [1.165, 1.54) is 4.88 Å². The Morgan fingerprint density at radius 1 is 1.19 bits per heavy atom. The average Bonchev–Trinajstić information content (AvgIpc) is 2.89. The van der Waals surface area contributed by atoms with Crippen molar-refractivity contribution in [1.82, 2.24) is 15.0 Å². The Balaban J connectivity index is 2.23. The Morgan fingerprint density at radius 2 is 2.00 bits per heavy atom. The molecule has 21 heavy (non-hydrogen) atoms. The number of pyridine rings is 1. The van der Waals surface area contributed by atoms with Crippen LogP contribution in [0.15, 0.2) is 18.3 Å². The third kappa shape index (κ3) is 2.49. The van der Waals surface area contributed by atoms with Gasteiger partial charge in [0, 0.05) is 18.1 Å². The minimum absolute atomic E-state index is 0.689. The Kier molecular flexibility index (Phi) is 3.59. The summed E-state index contributed by atoms with van der Waals surface area (Å²) in [6, 6.07) is 4.28. The SMILES string of the molecule is CCc1cc2c(NC)nc(-c3ncc(C)cc3C)nc2s1. The van der Waals surface area contributed by atoms with Gasteiger partial charge in [-0.15, -0.1) is 11.3 Å². The molecule has 3 rings (SSSR count). The van der Waals surface area contributed by atoms with Gasteiger partial charge in [0.1, 0.15) is 16.3 Å². The van der Waals surface area contributed by atoms with Crippen LogP contribution in [-0.2, 0) is 6.42 Å². The van der Waals surface area contributed by atoms with E-state index in [-0.39, 0.29) is 0 Å². The van der Waals surface area contributed by atoms with Gasteiger partial charge in [-0.2, -0.15) is 0 Å². The van der Waals surface area contributed by atoms with Crippen LogP contribution >= 0.6 is 11.3 Å². The normalized spacial score (nSPS) is 11.0. The molecule has 4 nitrogen and oxygen atoms in total. The number of thiophene rings is 1. The van der Waals surface area contributed by atoms with E-state index in [1.54, 1.807) is 11.3 Å². The Bertz CT molecular complexity index is 807. The lowest BCUT2D eigenvalue weighted by atomic mass is 10.1. The summed E-state index contributed by atoms with van der Waals surface area (Å²) in [6.45, 7) is 6.25. The van der Waals surface area contributed by atoms with Gasteiger partial charge in [0.25, 0.3) is 0 Å². The van der Waals surface area contributed by atoms with Gasteiger partial charge in [-0.25, -0.2) is 9.97 Å². The molecule has 0 atom stereocenters. The zero-order valence-corrected chi connectivity index (χ0v) is 13.5. The summed E-state index contributed by atoms with van der Waals surface area (Å²) in [7, 11) is 1.89. The first-order valence-electron chi connectivity index (χ1n) is 7.04. The van der Waals surface area contributed by atoms with E-state index in [1.807, 2.05) is 27.1 Å². The lowest BCUT2D eigenvalue weighted by Gasteiger charge is -2.07. The lowest BCUT2D eigenvalue weighted by molar-refractivity contribution is 1.14. The minimum atomic E-state index is 0.689. The third-order valence-corrected chi connectivity index (χ3v) is 4.63. The molecule has 0 saturated heterocycles. The van der Waals surface area contributed by atoms with Crippen molar-refractivity contribution in [2.45, 2.75) is 27.2 Å². The summed E-state index contributed by atoms with van der Waals surface area (Å²) in [6.07, 6.45) is 2.88. The molecule has 3 aromatic heterocycles. The van der Waals surface area contributed by atoms with Crippen LogP contribution in [0.2, 0.25) is 0 Å². The highest BCUT2D eigenvalue weighted by Gasteiger charge is 2.14. The molecule has 0 aliphatic rings. The standard InChI is InChI=1S/C16H18N4S/c1-5-11-7-12-14(17-4)19-15(20-16(12)21-11)13-10(3)6-9(2)8-18-13/h6-8H,5H2,1-4H3,(H,17,19,20). The third-order valence-electron chi connectivity index (χ3n) is 3.46. The van der Waals surface area contributed by atoms with Crippen molar-refractivity contribution in [2.24, 2.45) is 0 Å². The first-order chi connectivity index (χ1) is 10.1. The topological polar surface area (TPSA) is 50.7 Å². The van der Waals surface area contributed by atoms with Gasteiger partial charge in [-0.3, -0.25) is 4.98 Å². The second-order valence-electron chi connectivity index (χ2n) is 5.11. The molecule has 0 bridgehead atoms. The monoisotopic (exact) mass is 298 g/mol. The van der Waals surface area contributed by atoms with Gasteiger partial charge < -0.3 is 5.32 Å². The predicted molar refractivity (Wildman–Crippen MR) is 89.0 cm³/mol. The van der Waals surface area contributed by atoms with Gasteiger partial charge in [-0.05, 0) is 37.5 Å². The number of hydrogen-bond acceptors (Lipinski definition) is 5. The number of anilines is 1. The zero-order chi connectivity index (χ0) is 15.0. The summed E-state index contributed by atoms with van der Waals surface area (Å²) in [4.78, 5) is 16.2. The molecular weight excluding hydrogens is 280 g/mol. The molecule has 3 heterocycles. The Labute approximate surface area is 128 Å². The van der Waals surface area contributed by atoms with E-state index in [9.17, 15) is 0 Å². The fraction of sp³-hybridized carbons (Fsp3) is 0.312. The van der Waals surface area contributed by atoms with Crippen molar-refractivity contribution in [3.05, 3.63) is 34.3 Å². The quantitative estimate of drug-likeness (QED) is 0.794. The van der Waals surface area contributed by atoms with Crippen molar-refractivity contribution in [2.75, 3.05) is 12.4 Å². The largest absolute Gasteiger partial charge is 0.372 e. The van der Waals surface area contributed by atoms with Crippen LogP contribution in [-0.4, -0.2) is 22.0 Å². The first-order valence-corrected chi connectivity index (χ1v) is 7.86. The van der Waals surface area contributed by atoms with Crippen LogP contribution in [0.3, 0.4) is 0 Å². The maximum atomic E-state index is 4.72. The van der Waals surface area contributed by atoms with Crippen LogP contribution in [0.5, 0.6) is 0 Å². The van der Waals surface area contributed by atoms with Crippen LogP contribution in [0, 0.1) is 13.8 Å². The summed E-state index contributed by atoms with van der Waals surface area (Å²) in [5.74, 6) is 1.56. The molecular formula is C16H18N4S. The van der Waals surface area contributed by atoms with E-state index < -0.39 is 0 Å².